The molecule has 0 aromatic carbocycles. The van der Waals surface area contributed by atoms with Crippen LogP contribution in [0.2, 0.25) is 0 Å². The summed E-state index contributed by atoms with van der Waals surface area (Å²) in [7, 11) is 0. The number of carboxylic acid groups (broad SMARTS) is 1. The third-order valence-electron chi connectivity index (χ3n) is 4.60. The lowest BCUT2D eigenvalue weighted by atomic mass is 10.0. The number of hydrogen-bond donors (Lipinski definition) is 5. The smallest absolute Gasteiger partial charge is 0.325 e. The second-order valence-electron chi connectivity index (χ2n) is 7.29. The largest absolute Gasteiger partial charge is 0.480 e. The van der Waals surface area contributed by atoms with E-state index in [1.54, 1.807) is 25.6 Å². The van der Waals surface area contributed by atoms with Gasteiger partial charge in [-0.2, -0.15) is 11.8 Å². The summed E-state index contributed by atoms with van der Waals surface area (Å²) in [5, 5.41) is 19.9. The summed E-state index contributed by atoms with van der Waals surface area (Å²) >= 11 is 1.56. The number of carboxylic acids is 1. The minimum atomic E-state index is -1.16. The number of carbonyl (C=O) groups is 4. The van der Waals surface area contributed by atoms with E-state index >= 15 is 0 Å². The summed E-state index contributed by atoms with van der Waals surface area (Å²) < 4.78 is 0. The molecule has 0 spiro atoms. The van der Waals surface area contributed by atoms with Crippen LogP contribution in [0.1, 0.15) is 40.0 Å². The van der Waals surface area contributed by atoms with Crippen LogP contribution in [0, 0.1) is 5.92 Å². The fourth-order valence-electron chi connectivity index (χ4n) is 2.84. The number of thioether (sulfide) groups is 1. The van der Waals surface area contributed by atoms with Gasteiger partial charge >= 0.3 is 5.97 Å². The van der Waals surface area contributed by atoms with Gasteiger partial charge in [-0.05, 0) is 50.7 Å². The van der Waals surface area contributed by atoms with Gasteiger partial charge in [-0.25, -0.2) is 0 Å². The predicted molar refractivity (Wildman–Crippen MR) is 108 cm³/mol. The zero-order chi connectivity index (χ0) is 21.3. The maximum atomic E-state index is 12.8. The van der Waals surface area contributed by atoms with E-state index in [4.69, 9.17) is 5.11 Å². The first-order valence-corrected chi connectivity index (χ1v) is 10.9. The van der Waals surface area contributed by atoms with Gasteiger partial charge in [0.15, 0.2) is 0 Å². The number of aliphatic carboxylic acids is 1. The Morgan fingerprint density at radius 2 is 1.79 bits per heavy atom. The highest BCUT2D eigenvalue weighted by Crippen LogP contribution is 2.09. The first-order valence-electron chi connectivity index (χ1n) is 9.53. The zero-order valence-electron chi connectivity index (χ0n) is 16.9. The normalized spacial score (nSPS) is 19.5. The van der Waals surface area contributed by atoms with E-state index in [0.717, 1.165) is 19.4 Å². The molecule has 1 rings (SSSR count). The van der Waals surface area contributed by atoms with Crippen molar-refractivity contribution in [1.29, 1.82) is 0 Å². The maximum Gasteiger partial charge on any atom is 0.325 e. The van der Waals surface area contributed by atoms with E-state index in [9.17, 15) is 19.2 Å². The Balaban J connectivity index is 2.78. The average Bonchev–Trinajstić information content (AvgIpc) is 3.16. The van der Waals surface area contributed by atoms with Crippen molar-refractivity contribution in [3.8, 4) is 0 Å². The maximum absolute atomic E-state index is 12.8. The number of amides is 3. The Labute approximate surface area is 170 Å². The molecular formula is C18H32N4O5S. The molecule has 1 heterocycles. The van der Waals surface area contributed by atoms with Crippen molar-refractivity contribution in [3.63, 3.8) is 0 Å². The molecule has 9 nitrogen and oxygen atoms in total. The molecular weight excluding hydrogens is 384 g/mol. The minimum Gasteiger partial charge on any atom is -0.480 e. The number of carbonyl (C=O) groups excluding carboxylic acids is 3. The average molecular weight is 417 g/mol. The first kappa shape index (κ1) is 24.2. The molecule has 1 fully saturated rings. The molecule has 0 aromatic heterocycles. The molecule has 4 unspecified atom stereocenters. The van der Waals surface area contributed by atoms with Crippen molar-refractivity contribution in [1.82, 2.24) is 21.3 Å². The quantitative estimate of drug-likeness (QED) is 0.312. The number of nitrogens with one attached hydrogen (secondary N) is 4. The lowest BCUT2D eigenvalue weighted by Gasteiger charge is -2.26. The predicted octanol–water partition coefficient (Wildman–Crippen LogP) is -0.294. The summed E-state index contributed by atoms with van der Waals surface area (Å²) in [5.41, 5.74) is 0. The van der Waals surface area contributed by atoms with E-state index in [1.807, 2.05) is 6.26 Å². The summed E-state index contributed by atoms with van der Waals surface area (Å²) in [6.07, 6.45) is 3.99. The van der Waals surface area contributed by atoms with Crippen molar-refractivity contribution in [3.05, 3.63) is 0 Å². The molecule has 1 saturated heterocycles. The van der Waals surface area contributed by atoms with Crippen LogP contribution in [0.25, 0.3) is 0 Å². The summed E-state index contributed by atoms with van der Waals surface area (Å²) in [6.45, 7) is 5.65. The van der Waals surface area contributed by atoms with Crippen LogP contribution < -0.4 is 21.3 Å². The Bertz CT molecular complexity index is 566. The second-order valence-corrected chi connectivity index (χ2v) is 8.28. The van der Waals surface area contributed by atoms with Gasteiger partial charge in [-0.15, -0.1) is 0 Å². The van der Waals surface area contributed by atoms with Crippen molar-refractivity contribution in [2.45, 2.75) is 64.2 Å². The Morgan fingerprint density at radius 1 is 1.11 bits per heavy atom. The van der Waals surface area contributed by atoms with Gasteiger partial charge in [-0.3, -0.25) is 19.2 Å². The Kier molecular flexibility index (Phi) is 10.3. The molecule has 3 amide bonds. The molecule has 1 aliphatic rings. The standard InChI is InChI=1S/C18H32N4O5S/c1-10(2)14(17(25)20-11(3)18(26)27)22-16(24)13(7-9-28-4)21-15(23)12-6-5-8-19-12/h10-14,19H,5-9H2,1-4H3,(H,20,25)(H,21,23)(H,22,24)(H,26,27). The summed E-state index contributed by atoms with van der Waals surface area (Å²) in [6, 6.07) is -3.02. The third-order valence-corrected chi connectivity index (χ3v) is 5.24. The monoisotopic (exact) mass is 416 g/mol. The van der Waals surface area contributed by atoms with Gasteiger partial charge < -0.3 is 26.4 Å². The highest BCUT2D eigenvalue weighted by molar-refractivity contribution is 7.98. The SMILES string of the molecule is CSCCC(NC(=O)C1CCCN1)C(=O)NC(C(=O)NC(C)C(=O)O)C(C)C. The van der Waals surface area contributed by atoms with Crippen LogP contribution in [-0.4, -0.2) is 71.5 Å². The number of rotatable bonds is 11. The molecule has 0 bridgehead atoms. The molecule has 0 saturated carbocycles. The Hall–Kier alpha value is -1.81. The third kappa shape index (κ3) is 7.67. The van der Waals surface area contributed by atoms with Crippen molar-refractivity contribution in [2.75, 3.05) is 18.6 Å². The summed E-state index contributed by atoms with van der Waals surface area (Å²) in [5.74, 6) is -1.97. The fourth-order valence-corrected chi connectivity index (χ4v) is 3.31. The molecule has 160 valence electrons. The van der Waals surface area contributed by atoms with E-state index in [0.29, 0.717) is 12.2 Å². The van der Waals surface area contributed by atoms with Crippen LogP contribution in [-0.2, 0) is 19.2 Å². The fraction of sp³-hybridized carbons (Fsp3) is 0.778. The highest BCUT2D eigenvalue weighted by atomic mass is 32.2. The molecule has 0 aliphatic carbocycles. The molecule has 10 heteroatoms. The van der Waals surface area contributed by atoms with Crippen molar-refractivity contribution < 1.29 is 24.3 Å². The molecule has 1 aliphatic heterocycles. The lowest BCUT2D eigenvalue weighted by Crippen LogP contribution is -2.58. The molecule has 0 radical (unpaired) electrons. The van der Waals surface area contributed by atoms with Crippen LogP contribution in [0.3, 0.4) is 0 Å². The molecule has 0 aromatic rings. The van der Waals surface area contributed by atoms with Crippen LogP contribution in [0.4, 0.5) is 0 Å². The van der Waals surface area contributed by atoms with E-state index in [2.05, 4.69) is 21.3 Å². The molecule has 28 heavy (non-hydrogen) atoms. The van der Waals surface area contributed by atoms with Gasteiger partial charge in [-0.1, -0.05) is 13.8 Å². The van der Waals surface area contributed by atoms with E-state index in [1.165, 1.54) is 6.92 Å². The van der Waals surface area contributed by atoms with Crippen LogP contribution >= 0.6 is 11.8 Å². The van der Waals surface area contributed by atoms with Gasteiger partial charge in [0.1, 0.15) is 18.1 Å². The van der Waals surface area contributed by atoms with E-state index < -0.39 is 35.9 Å². The van der Waals surface area contributed by atoms with Gasteiger partial charge in [0.25, 0.3) is 0 Å². The number of hydrogen-bond acceptors (Lipinski definition) is 6. The van der Waals surface area contributed by atoms with Gasteiger partial charge in [0, 0.05) is 0 Å². The van der Waals surface area contributed by atoms with Crippen LogP contribution in [0.15, 0.2) is 0 Å². The lowest BCUT2D eigenvalue weighted by molar-refractivity contribution is -0.142. The minimum absolute atomic E-state index is 0.219. The molecule has 5 N–H and O–H groups in total. The van der Waals surface area contributed by atoms with Crippen molar-refractivity contribution in [2.24, 2.45) is 5.92 Å². The van der Waals surface area contributed by atoms with Gasteiger partial charge in [0.2, 0.25) is 17.7 Å². The van der Waals surface area contributed by atoms with Crippen LogP contribution in [0.5, 0.6) is 0 Å². The van der Waals surface area contributed by atoms with Gasteiger partial charge in [0.05, 0.1) is 6.04 Å². The summed E-state index contributed by atoms with van der Waals surface area (Å²) in [4.78, 5) is 48.6. The highest BCUT2D eigenvalue weighted by Gasteiger charge is 2.31. The first-order chi connectivity index (χ1) is 13.2. The van der Waals surface area contributed by atoms with Crippen molar-refractivity contribution >= 4 is 35.5 Å². The molecule has 4 atom stereocenters. The van der Waals surface area contributed by atoms with E-state index in [-0.39, 0.29) is 17.9 Å². The topological polar surface area (TPSA) is 137 Å². The zero-order valence-corrected chi connectivity index (χ0v) is 17.7. The Morgan fingerprint density at radius 3 is 2.29 bits per heavy atom. The second kappa shape index (κ2) is 11.9.